The predicted octanol–water partition coefficient (Wildman–Crippen LogP) is 2.66. The fourth-order valence-electron chi connectivity index (χ4n) is 1.79. The maximum Gasteiger partial charge on any atom is 0.120 e. The Morgan fingerprint density at radius 3 is 2.94 bits per heavy atom. The number of aromatic nitrogens is 1. The third-order valence-electron chi connectivity index (χ3n) is 2.80. The van der Waals surface area contributed by atoms with Crippen LogP contribution in [-0.2, 0) is 0 Å². The molecule has 0 bridgehead atoms. The zero-order valence-corrected chi connectivity index (χ0v) is 10.1. The Morgan fingerprint density at radius 1 is 1.24 bits per heavy atom. The molecule has 0 radical (unpaired) electrons. The molecule has 2 N–H and O–H groups in total. The van der Waals surface area contributed by atoms with Gasteiger partial charge in [0.05, 0.1) is 12.1 Å². The van der Waals surface area contributed by atoms with Crippen LogP contribution in [0.2, 0.25) is 0 Å². The molecule has 1 aromatic carbocycles. The largest absolute Gasteiger partial charge is 0.494 e. The highest BCUT2D eigenvalue weighted by molar-refractivity contribution is 5.83. The van der Waals surface area contributed by atoms with E-state index in [-0.39, 0.29) is 0 Å². The quantitative estimate of drug-likeness (QED) is 0.803. The summed E-state index contributed by atoms with van der Waals surface area (Å²) in [6.07, 6.45) is 3.84. The Bertz CT molecular complexity index is 497. The second-order valence-electron chi connectivity index (χ2n) is 4.15. The fourth-order valence-corrected chi connectivity index (χ4v) is 1.79. The van der Waals surface area contributed by atoms with E-state index in [1.54, 1.807) is 0 Å². The van der Waals surface area contributed by atoms with Gasteiger partial charge in [-0.05, 0) is 56.1 Å². The van der Waals surface area contributed by atoms with Gasteiger partial charge in [-0.3, -0.25) is 4.98 Å². The second kappa shape index (κ2) is 5.64. The van der Waals surface area contributed by atoms with Crippen LogP contribution in [0.3, 0.4) is 0 Å². The zero-order chi connectivity index (χ0) is 12.1. The molecule has 0 spiro atoms. The van der Waals surface area contributed by atoms with Crippen molar-refractivity contribution in [2.24, 2.45) is 5.73 Å². The van der Waals surface area contributed by atoms with E-state index in [0.717, 1.165) is 42.6 Å². The van der Waals surface area contributed by atoms with Gasteiger partial charge in [-0.1, -0.05) is 0 Å². The molecule has 0 aliphatic rings. The number of aryl methyl sites for hydroxylation is 1. The van der Waals surface area contributed by atoms with Crippen molar-refractivity contribution in [3.8, 4) is 5.75 Å². The van der Waals surface area contributed by atoms with Crippen LogP contribution >= 0.6 is 0 Å². The third-order valence-corrected chi connectivity index (χ3v) is 2.80. The van der Waals surface area contributed by atoms with Gasteiger partial charge in [0.25, 0.3) is 0 Å². The van der Waals surface area contributed by atoms with Crippen molar-refractivity contribution in [2.45, 2.75) is 19.8 Å². The molecule has 0 fully saturated rings. The predicted molar refractivity (Wildman–Crippen MR) is 70.3 cm³/mol. The van der Waals surface area contributed by atoms with Gasteiger partial charge in [0.15, 0.2) is 0 Å². The molecule has 2 aromatic rings. The van der Waals surface area contributed by atoms with Crippen LogP contribution in [0, 0.1) is 6.92 Å². The molecule has 2 rings (SSSR count). The molecular weight excluding hydrogens is 212 g/mol. The minimum absolute atomic E-state index is 0.724. The molecule has 90 valence electrons. The zero-order valence-electron chi connectivity index (χ0n) is 10.1. The summed E-state index contributed by atoms with van der Waals surface area (Å²) in [5.74, 6) is 0.908. The summed E-state index contributed by atoms with van der Waals surface area (Å²) in [4.78, 5) is 4.32. The lowest BCUT2D eigenvalue weighted by Crippen LogP contribution is -2.03. The number of nitrogens with zero attached hydrogens (tertiary/aromatic N) is 1. The molecule has 1 heterocycles. The Kier molecular flexibility index (Phi) is 3.94. The molecule has 0 aliphatic heterocycles. The highest BCUT2D eigenvalue weighted by Gasteiger charge is 2.00. The first-order valence-corrected chi connectivity index (χ1v) is 5.99. The van der Waals surface area contributed by atoms with Crippen LogP contribution in [0.25, 0.3) is 10.9 Å². The summed E-state index contributed by atoms with van der Waals surface area (Å²) >= 11 is 0. The lowest BCUT2D eigenvalue weighted by molar-refractivity contribution is 0.308. The molecular formula is C14H18N2O. The van der Waals surface area contributed by atoms with Crippen LogP contribution in [-0.4, -0.2) is 18.1 Å². The first-order chi connectivity index (χ1) is 8.31. The number of ether oxygens (including phenoxy) is 1. The molecule has 0 unspecified atom stereocenters. The summed E-state index contributed by atoms with van der Waals surface area (Å²) in [5, 5.41) is 1.16. The van der Waals surface area contributed by atoms with Crippen LogP contribution < -0.4 is 10.5 Å². The molecule has 0 aliphatic carbocycles. The van der Waals surface area contributed by atoms with E-state index in [1.165, 1.54) is 5.56 Å². The number of unbranched alkanes of at least 4 members (excludes halogenated alkanes) is 1. The van der Waals surface area contributed by atoms with Gasteiger partial charge in [0, 0.05) is 11.6 Å². The van der Waals surface area contributed by atoms with Crippen molar-refractivity contribution in [3.63, 3.8) is 0 Å². The molecule has 17 heavy (non-hydrogen) atoms. The number of nitrogens with two attached hydrogens (primary N) is 1. The van der Waals surface area contributed by atoms with E-state index in [1.807, 2.05) is 24.4 Å². The number of hydrogen-bond donors (Lipinski definition) is 1. The summed E-state index contributed by atoms with van der Waals surface area (Å²) in [7, 11) is 0. The molecule has 0 atom stereocenters. The van der Waals surface area contributed by atoms with Gasteiger partial charge in [0.1, 0.15) is 5.75 Å². The molecule has 0 saturated heterocycles. The van der Waals surface area contributed by atoms with Crippen molar-refractivity contribution in [2.75, 3.05) is 13.2 Å². The van der Waals surface area contributed by atoms with Crippen molar-refractivity contribution in [3.05, 3.63) is 36.0 Å². The lowest BCUT2D eigenvalue weighted by atomic mass is 10.1. The Hall–Kier alpha value is -1.61. The van der Waals surface area contributed by atoms with Gasteiger partial charge >= 0.3 is 0 Å². The topological polar surface area (TPSA) is 48.1 Å². The smallest absolute Gasteiger partial charge is 0.120 e. The van der Waals surface area contributed by atoms with Crippen molar-refractivity contribution < 1.29 is 4.74 Å². The van der Waals surface area contributed by atoms with Gasteiger partial charge < -0.3 is 10.5 Å². The molecule has 0 amide bonds. The van der Waals surface area contributed by atoms with E-state index < -0.39 is 0 Å². The SMILES string of the molecule is Cc1ccnc2ccc(OCCCCN)cc12. The third kappa shape index (κ3) is 2.94. The van der Waals surface area contributed by atoms with Crippen molar-refractivity contribution in [1.82, 2.24) is 4.98 Å². The first kappa shape index (κ1) is 11.9. The van der Waals surface area contributed by atoms with Gasteiger partial charge in [-0.25, -0.2) is 0 Å². The van der Waals surface area contributed by atoms with E-state index in [4.69, 9.17) is 10.5 Å². The minimum atomic E-state index is 0.724. The first-order valence-electron chi connectivity index (χ1n) is 5.99. The van der Waals surface area contributed by atoms with Crippen LogP contribution in [0.15, 0.2) is 30.5 Å². The number of pyridine rings is 1. The molecule has 3 nitrogen and oxygen atoms in total. The summed E-state index contributed by atoms with van der Waals surface area (Å²) < 4.78 is 5.69. The van der Waals surface area contributed by atoms with Crippen LogP contribution in [0.5, 0.6) is 5.75 Å². The summed E-state index contributed by atoms with van der Waals surface area (Å²) in [5.41, 5.74) is 7.68. The van der Waals surface area contributed by atoms with E-state index >= 15 is 0 Å². The lowest BCUT2D eigenvalue weighted by Gasteiger charge is -2.07. The van der Waals surface area contributed by atoms with E-state index in [0.29, 0.717) is 0 Å². The standard InChI is InChI=1S/C14H18N2O/c1-11-6-8-16-14-5-4-12(10-13(11)14)17-9-3-2-7-15/h4-6,8,10H,2-3,7,9,15H2,1H3. The van der Waals surface area contributed by atoms with Crippen molar-refractivity contribution >= 4 is 10.9 Å². The number of benzene rings is 1. The van der Waals surface area contributed by atoms with Gasteiger partial charge in [0.2, 0.25) is 0 Å². The molecule has 1 aromatic heterocycles. The minimum Gasteiger partial charge on any atom is -0.494 e. The highest BCUT2D eigenvalue weighted by atomic mass is 16.5. The number of hydrogen-bond acceptors (Lipinski definition) is 3. The van der Waals surface area contributed by atoms with Crippen LogP contribution in [0.1, 0.15) is 18.4 Å². The Balaban J connectivity index is 2.11. The monoisotopic (exact) mass is 230 g/mol. The average Bonchev–Trinajstić information content (AvgIpc) is 2.36. The normalized spacial score (nSPS) is 10.7. The molecule has 0 saturated carbocycles. The number of fused-ring (bicyclic) bond motifs is 1. The Labute approximate surface area is 102 Å². The fraction of sp³-hybridized carbons (Fsp3) is 0.357. The van der Waals surface area contributed by atoms with E-state index in [9.17, 15) is 0 Å². The van der Waals surface area contributed by atoms with E-state index in [2.05, 4.69) is 18.0 Å². The Morgan fingerprint density at radius 2 is 2.12 bits per heavy atom. The maximum atomic E-state index is 5.69. The molecule has 3 heteroatoms. The number of rotatable bonds is 5. The van der Waals surface area contributed by atoms with Crippen molar-refractivity contribution in [1.29, 1.82) is 0 Å². The van der Waals surface area contributed by atoms with Gasteiger partial charge in [-0.2, -0.15) is 0 Å². The second-order valence-corrected chi connectivity index (χ2v) is 4.15. The maximum absolute atomic E-state index is 5.69. The summed E-state index contributed by atoms with van der Waals surface area (Å²) in [6, 6.07) is 8.04. The average molecular weight is 230 g/mol. The van der Waals surface area contributed by atoms with Crippen LogP contribution in [0.4, 0.5) is 0 Å². The highest BCUT2D eigenvalue weighted by Crippen LogP contribution is 2.22. The van der Waals surface area contributed by atoms with Gasteiger partial charge in [-0.15, -0.1) is 0 Å². The summed E-state index contributed by atoms with van der Waals surface area (Å²) in [6.45, 7) is 3.54.